The van der Waals surface area contributed by atoms with E-state index >= 15 is 0 Å². The third kappa shape index (κ3) is 17.0. The molecule has 0 aromatic carbocycles. The molecule has 7 nitrogen and oxygen atoms in total. The Bertz CT molecular complexity index is 249. The van der Waals surface area contributed by atoms with E-state index in [1.807, 2.05) is 0 Å². The predicted octanol–water partition coefficient (Wildman–Crippen LogP) is -0.645. The highest BCUT2D eigenvalue weighted by atomic mass is 16.6. The van der Waals surface area contributed by atoms with Crippen molar-refractivity contribution in [2.24, 2.45) is 5.73 Å². The van der Waals surface area contributed by atoms with Crippen LogP contribution in [0.25, 0.3) is 0 Å². The topological polar surface area (TPSA) is 116 Å². The molecule has 0 aliphatic rings. The third-order valence-corrected chi connectivity index (χ3v) is 1.29. The van der Waals surface area contributed by atoms with Crippen molar-refractivity contribution in [2.75, 3.05) is 13.2 Å². The van der Waals surface area contributed by atoms with Gasteiger partial charge in [-0.1, -0.05) is 6.92 Å². The van der Waals surface area contributed by atoms with Crippen molar-refractivity contribution in [3.63, 3.8) is 0 Å². The first-order chi connectivity index (χ1) is 7.81. The van der Waals surface area contributed by atoms with Gasteiger partial charge in [-0.25, -0.2) is 4.79 Å². The van der Waals surface area contributed by atoms with Crippen molar-refractivity contribution < 1.29 is 29.0 Å². The molecule has 0 rings (SSSR count). The molecule has 3 N–H and O–H groups in total. The maximum absolute atomic E-state index is 10.8. The number of carbonyl (C=O) groups is 3. The van der Waals surface area contributed by atoms with Crippen LogP contribution < -0.4 is 5.73 Å². The molecule has 1 atom stereocenters. The number of esters is 2. The summed E-state index contributed by atoms with van der Waals surface area (Å²) >= 11 is 0. The van der Waals surface area contributed by atoms with Gasteiger partial charge in [-0.15, -0.1) is 0 Å². The lowest BCUT2D eigenvalue weighted by molar-refractivity contribution is -0.158. The van der Waals surface area contributed by atoms with Gasteiger partial charge in [-0.2, -0.15) is 0 Å². The number of aliphatic hydroxyl groups is 1. The summed E-state index contributed by atoms with van der Waals surface area (Å²) in [4.78, 5) is 30.3. The zero-order chi connectivity index (χ0) is 13.8. The second-order valence-corrected chi connectivity index (χ2v) is 3.04. The van der Waals surface area contributed by atoms with E-state index in [-0.39, 0.29) is 19.1 Å². The molecule has 17 heavy (non-hydrogen) atoms. The first-order valence-corrected chi connectivity index (χ1v) is 5.05. The van der Waals surface area contributed by atoms with E-state index in [1.54, 1.807) is 6.92 Å². The van der Waals surface area contributed by atoms with Crippen LogP contribution in [0.4, 0.5) is 0 Å². The number of aliphatic hydroxyl groups excluding tert-OH is 1. The Balaban J connectivity index is 0. The van der Waals surface area contributed by atoms with Crippen LogP contribution in [0.15, 0.2) is 0 Å². The number of nitrogens with two attached hydrogens (primary N) is 1. The predicted molar refractivity (Wildman–Crippen MR) is 58.8 cm³/mol. The summed E-state index contributed by atoms with van der Waals surface area (Å²) < 4.78 is 9.09. The molecule has 0 aromatic heterocycles. The van der Waals surface area contributed by atoms with Gasteiger partial charge in [0.1, 0.15) is 13.2 Å². The van der Waals surface area contributed by atoms with Crippen molar-refractivity contribution in [1.29, 1.82) is 0 Å². The van der Waals surface area contributed by atoms with Crippen LogP contribution in [0, 0.1) is 0 Å². The van der Waals surface area contributed by atoms with Gasteiger partial charge in [0, 0.05) is 13.8 Å². The van der Waals surface area contributed by atoms with E-state index < -0.39 is 18.0 Å². The molecule has 0 aliphatic heterocycles. The minimum absolute atomic E-state index is 0.0184. The molecule has 1 amide bonds. The van der Waals surface area contributed by atoms with Crippen molar-refractivity contribution in [3.8, 4) is 0 Å². The molecule has 0 aliphatic carbocycles. The minimum atomic E-state index is -1.09. The first-order valence-electron chi connectivity index (χ1n) is 5.05. The van der Waals surface area contributed by atoms with Crippen LogP contribution in [0.2, 0.25) is 0 Å². The Morgan fingerprint density at radius 3 is 1.94 bits per heavy atom. The smallest absolute Gasteiger partial charge is 0.335 e. The molecule has 100 valence electrons. The van der Waals surface area contributed by atoms with Crippen LogP contribution in [0.1, 0.15) is 27.2 Å². The van der Waals surface area contributed by atoms with Crippen molar-refractivity contribution in [1.82, 2.24) is 0 Å². The van der Waals surface area contributed by atoms with Gasteiger partial charge >= 0.3 is 11.9 Å². The van der Waals surface area contributed by atoms with E-state index in [0.717, 1.165) is 0 Å². The second-order valence-electron chi connectivity index (χ2n) is 3.04. The number of hydrogen-bond donors (Lipinski definition) is 2. The minimum Gasteiger partial charge on any atom is -0.462 e. The van der Waals surface area contributed by atoms with Crippen molar-refractivity contribution >= 4 is 17.8 Å². The Labute approximate surface area is 99.9 Å². The van der Waals surface area contributed by atoms with Gasteiger partial charge in [-0.05, 0) is 6.42 Å². The Hall–Kier alpha value is -1.63. The number of carbonyl (C=O) groups excluding carboxylic acids is 3. The van der Waals surface area contributed by atoms with Gasteiger partial charge in [0.15, 0.2) is 6.10 Å². The number of hydrogen-bond acceptors (Lipinski definition) is 6. The molecule has 0 spiro atoms. The van der Waals surface area contributed by atoms with Crippen LogP contribution in [0.3, 0.4) is 0 Å². The highest BCUT2D eigenvalue weighted by Gasteiger charge is 2.13. The molecule has 0 heterocycles. The normalized spacial score (nSPS) is 10.6. The number of amides is 1. The SMILES string of the molecule is CC(N)=O.CCC(O)C(=O)OCCOC(C)=O. The Morgan fingerprint density at radius 1 is 1.18 bits per heavy atom. The van der Waals surface area contributed by atoms with Crippen LogP contribution in [0.5, 0.6) is 0 Å². The fraction of sp³-hybridized carbons (Fsp3) is 0.700. The summed E-state index contributed by atoms with van der Waals surface area (Å²) in [7, 11) is 0. The van der Waals surface area contributed by atoms with Crippen molar-refractivity contribution in [3.05, 3.63) is 0 Å². The zero-order valence-electron chi connectivity index (χ0n) is 10.3. The number of rotatable bonds is 5. The molecule has 0 aromatic rings. The van der Waals surface area contributed by atoms with E-state index in [0.29, 0.717) is 6.42 Å². The van der Waals surface area contributed by atoms with Gasteiger partial charge in [-0.3, -0.25) is 9.59 Å². The summed E-state index contributed by atoms with van der Waals surface area (Å²) in [5.41, 5.74) is 4.47. The third-order valence-electron chi connectivity index (χ3n) is 1.29. The average Bonchev–Trinajstić information content (AvgIpc) is 2.21. The highest BCUT2D eigenvalue weighted by Crippen LogP contribution is 1.93. The van der Waals surface area contributed by atoms with Gasteiger partial charge in [0.25, 0.3) is 0 Å². The van der Waals surface area contributed by atoms with Crippen LogP contribution in [-0.2, 0) is 23.9 Å². The standard InChI is InChI=1S/C8H14O5.C2H5NO/c1-3-7(10)8(11)13-5-4-12-6(2)9;1-2(3)4/h7,10H,3-5H2,1-2H3;1H3,(H2,3,4). The highest BCUT2D eigenvalue weighted by molar-refractivity contribution is 5.74. The molecular formula is C10H19NO6. The van der Waals surface area contributed by atoms with Crippen molar-refractivity contribution in [2.45, 2.75) is 33.3 Å². The summed E-state index contributed by atoms with van der Waals surface area (Å²) in [5.74, 6) is -1.44. The maximum atomic E-state index is 10.8. The Kier molecular flexibility index (Phi) is 11.4. The Morgan fingerprint density at radius 2 is 1.59 bits per heavy atom. The summed E-state index contributed by atoms with van der Waals surface area (Å²) in [6.07, 6.45) is -0.774. The second kappa shape index (κ2) is 10.9. The van der Waals surface area contributed by atoms with Crippen LogP contribution in [-0.4, -0.2) is 42.3 Å². The summed E-state index contributed by atoms with van der Waals surface area (Å²) in [5, 5.41) is 8.95. The van der Waals surface area contributed by atoms with E-state index in [4.69, 9.17) is 5.11 Å². The quantitative estimate of drug-likeness (QED) is 0.494. The summed E-state index contributed by atoms with van der Waals surface area (Å²) in [6, 6.07) is 0. The van der Waals surface area contributed by atoms with Crippen LogP contribution >= 0.6 is 0 Å². The largest absolute Gasteiger partial charge is 0.462 e. The first kappa shape index (κ1) is 17.8. The molecular weight excluding hydrogens is 230 g/mol. The van der Waals surface area contributed by atoms with E-state index in [1.165, 1.54) is 13.8 Å². The monoisotopic (exact) mass is 249 g/mol. The molecule has 0 saturated carbocycles. The van der Waals surface area contributed by atoms with Gasteiger partial charge in [0.2, 0.25) is 5.91 Å². The molecule has 0 radical (unpaired) electrons. The van der Waals surface area contributed by atoms with E-state index in [9.17, 15) is 14.4 Å². The lowest BCUT2D eigenvalue weighted by atomic mass is 10.3. The fourth-order valence-electron chi connectivity index (χ4n) is 0.591. The molecule has 0 saturated heterocycles. The fourth-order valence-corrected chi connectivity index (χ4v) is 0.591. The van der Waals surface area contributed by atoms with E-state index in [2.05, 4.69) is 15.2 Å². The molecule has 7 heteroatoms. The molecule has 0 fully saturated rings. The van der Waals surface area contributed by atoms with Gasteiger partial charge < -0.3 is 20.3 Å². The zero-order valence-corrected chi connectivity index (χ0v) is 10.3. The molecule has 1 unspecified atom stereocenters. The maximum Gasteiger partial charge on any atom is 0.335 e. The average molecular weight is 249 g/mol. The lowest BCUT2D eigenvalue weighted by Crippen LogP contribution is -2.23. The summed E-state index contributed by atoms with van der Waals surface area (Å²) in [6.45, 7) is 4.24. The number of ether oxygens (including phenoxy) is 2. The lowest BCUT2D eigenvalue weighted by Gasteiger charge is -2.07. The molecule has 0 bridgehead atoms. The number of primary amides is 1. The van der Waals surface area contributed by atoms with Gasteiger partial charge in [0.05, 0.1) is 0 Å².